The van der Waals surface area contributed by atoms with Gasteiger partial charge in [-0.3, -0.25) is 9.63 Å². The molecule has 0 N–H and O–H groups in total. The second-order valence-electron chi connectivity index (χ2n) is 5.95. The number of ketones is 1. The maximum Gasteiger partial charge on any atom is 0.248 e. The van der Waals surface area contributed by atoms with Gasteiger partial charge in [-0.2, -0.15) is 0 Å². The highest BCUT2D eigenvalue weighted by atomic mass is 35.5. The molecular weight excluding hydrogens is 313 g/mol. The van der Waals surface area contributed by atoms with Gasteiger partial charge < -0.3 is 0 Å². The highest BCUT2D eigenvalue weighted by Crippen LogP contribution is 2.68. The number of alkyl halides is 2. The van der Waals surface area contributed by atoms with Gasteiger partial charge in [0.1, 0.15) is 10.1 Å². The predicted molar refractivity (Wildman–Crippen MR) is 69.9 cm³/mol. The summed E-state index contributed by atoms with van der Waals surface area (Å²) in [5.74, 6) is -0.618. The highest BCUT2D eigenvalue weighted by molar-refractivity contribution is 7.90. The van der Waals surface area contributed by atoms with Crippen molar-refractivity contribution >= 4 is 39.0 Å². The molecule has 0 aromatic rings. The number of fused-ring (bicyclic) bond motifs is 2. The maximum absolute atomic E-state index is 12.6. The van der Waals surface area contributed by atoms with E-state index in [-0.39, 0.29) is 18.4 Å². The Morgan fingerprint density at radius 3 is 2.42 bits per heavy atom. The van der Waals surface area contributed by atoms with Crippen molar-refractivity contribution in [3.8, 4) is 0 Å². The summed E-state index contributed by atoms with van der Waals surface area (Å²) in [5.41, 5.74) is -1.49. The third kappa shape index (κ3) is 1.50. The summed E-state index contributed by atoms with van der Waals surface area (Å²) in [4.78, 5) is 16.6. The Balaban J connectivity index is 2.10. The van der Waals surface area contributed by atoms with E-state index in [0.29, 0.717) is 12.8 Å². The van der Waals surface area contributed by atoms with E-state index in [0.717, 1.165) is 4.47 Å². The molecule has 3 fully saturated rings. The van der Waals surface area contributed by atoms with Gasteiger partial charge in [-0.05, 0) is 18.8 Å². The molecule has 2 saturated carbocycles. The summed E-state index contributed by atoms with van der Waals surface area (Å²) in [6.45, 7) is 3.63. The van der Waals surface area contributed by atoms with Crippen molar-refractivity contribution in [1.29, 1.82) is 0 Å². The molecule has 0 spiro atoms. The lowest BCUT2D eigenvalue weighted by molar-refractivity contribution is -0.128. The number of halogens is 2. The largest absolute Gasteiger partial charge is 0.298 e. The average Bonchev–Trinajstić information content (AvgIpc) is 3.09. The van der Waals surface area contributed by atoms with E-state index in [1.54, 1.807) is 6.92 Å². The quantitative estimate of drug-likeness (QED) is 0.584. The fraction of sp³-hybridized carbons (Fsp3) is 0.909. The van der Waals surface area contributed by atoms with Crippen LogP contribution in [0.4, 0.5) is 0 Å². The van der Waals surface area contributed by atoms with E-state index in [1.165, 1.54) is 0 Å². The molecule has 1 heterocycles. The molecule has 5 atom stereocenters. The van der Waals surface area contributed by atoms with E-state index in [2.05, 4.69) is 0 Å². The summed E-state index contributed by atoms with van der Waals surface area (Å²) in [5, 5.41) is -1.07. The minimum Gasteiger partial charge on any atom is -0.298 e. The molecule has 2 bridgehead atoms. The number of hydrogen-bond acceptors (Lipinski definition) is 4. The molecule has 0 radical (unpaired) electrons. The fourth-order valence-electron chi connectivity index (χ4n) is 3.82. The molecule has 19 heavy (non-hydrogen) atoms. The number of nitrogens with zero attached hydrogens (tertiary/aromatic N) is 1. The van der Waals surface area contributed by atoms with Crippen LogP contribution in [0.1, 0.15) is 26.7 Å². The van der Waals surface area contributed by atoms with Crippen LogP contribution in [0.2, 0.25) is 0 Å². The van der Waals surface area contributed by atoms with E-state index in [4.69, 9.17) is 28.0 Å². The first-order chi connectivity index (χ1) is 8.67. The van der Waals surface area contributed by atoms with Crippen LogP contribution in [-0.2, 0) is 19.7 Å². The molecule has 5 unspecified atom stereocenters. The molecule has 3 aliphatic rings. The van der Waals surface area contributed by atoms with Gasteiger partial charge in [-0.25, -0.2) is 8.42 Å². The monoisotopic (exact) mass is 327 g/mol. The molecule has 8 heteroatoms. The molecule has 1 saturated heterocycles. The first kappa shape index (κ1) is 14.1. The number of rotatable bonds is 3. The molecule has 2 aliphatic carbocycles. The lowest BCUT2D eigenvalue weighted by Gasteiger charge is -2.37. The van der Waals surface area contributed by atoms with Crippen molar-refractivity contribution < 1.29 is 18.0 Å². The van der Waals surface area contributed by atoms with E-state index >= 15 is 0 Å². The molecule has 108 valence electrons. The second kappa shape index (κ2) is 3.85. The van der Waals surface area contributed by atoms with Crippen LogP contribution in [0.5, 0.6) is 0 Å². The van der Waals surface area contributed by atoms with Crippen LogP contribution in [0.25, 0.3) is 0 Å². The maximum atomic E-state index is 12.6. The summed E-state index contributed by atoms with van der Waals surface area (Å²) in [6.07, 6.45) is 1.28. The Labute approximate surface area is 122 Å². The topological polar surface area (TPSA) is 66.8 Å². The summed E-state index contributed by atoms with van der Waals surface area (Å²) < 4.78 is 25.6. The molecule has 0 aromatic heterocycles. The van der Waals surface area contributed by atoms with Gasteiger partial charge >= 0.3 is 0 Å². The van der Waals surface area contributed by atoms with Gasteiger partial charge in [0.15, 0.2) is 12.5 Å². The van der Waals surface area contributed by atoms with Gasteiger partial charge in [0, 0.05) is 10.8 Å². The summed E-state index contributed by atoms with van der Waals surface area (Å²) in [7, 11) is -3.74. The first-order valence-electron chi connectivity index (χ1n) is 6.14. The lowest BCUT2D eigenvalue weighted by atomic mass is 9.70. The first-order valence-corrected chi connectivity index (χ1v) is 8.52. The van der Waals surface area contributed by atoms with Gasteiger partial charge in [0.2, 0.25) is 10.0 Å². The average molecular weight is 328 g/mol. The van der Waals surface area contributed by atoms with Crippen LogP contribution in [0, 0.1) is 16.7 Å². The van der Waals surface area contributed by atoms with Crippen molar-refractivity contribution in [3.05, 3.63) is 0 Å². The van der Waals surface area contributed by atoms with E-state index in [1.807, 2.05) is 6.92 Å². The minimum atomic E-state index is -3.74. The molecule has 5 nitrogen and oxygen atoms in total. The molecule has 1 aliphatic heterocycles. The molecule has 0 aromatic carbocycles. The normalized spacial score (nSPS) is 49.1. The fourth-order valence-corrected chi connectivity index (χ4v) is 6.58. The summed E-state index contributed by atoms with van der Waals surface area (Å²) in [6, 6.07) is 0. The Kier molecular flexibility index (Phi) is 2.86. The smallest absolute Gasteiger partial charge is 0.248 e. The zero-order valence-electron chi connectivity index (χ0n) is 10.6. The van der Waals surface area contributed by atoms with Gasteiger partial charge in [0.25, 0.3) is 0 Å². The Morgan fingerprint density at radius 2 is 2.00 bits per heavy atom. The van der Waals surface area contributed by atoms with Gasteiger partial charge in [0.05, 0.1) is 0 Å². The van der Waals surface area contributed by atoms with Gasteiger partial charge in [-0.1, -0.05) is 18.3 Å². The zero-order valence-corrected chi connectivity index (χ0v) is 12.9. The molecular formula is C11H15Cl2NO4S. The van der Waals surface area contributed by atoms with Crippen LogP contribution in [-0.4, -0.2) is 35.5 Å². The number of hydrogen-bond donors (Lipinski definition) is 0. The van der Waals surface area contributed by atoms with Crippen LogP contribution >= 0.6 is 23.2 Å². The number of carbonyl (C=O) groups excluding carboxylic acids is 1. The Hall–Kier alpha value is 0.120. The van der Waals surface area contributed by atoms with Crippen LogP contribution < -0.4 is 0 Å². The Bertz CT molecular complexity index is 547. The van der Waals surface area contributed by atoms with Crippen molar-refractivity contribution in [1.82, 2.24) is 4.47 Å². The zero-order chi connectivity index (χ0) is 14.2. The van der Waals surface area contributed by atoms with Crippen LogP contribution in [0.3, 0.4) is 0 Å². The van der Waals surface area contributed by atoms with Crippen molar-refractivity contribution in [3.63, 3.8) is 0 Å². The van der Waals surface area contributed by atoms with Gasteiger partial charge in [-0.15, -0.1) is 23.2 Å². The summed E-state index contributed by atoms with van der Waals surface area (Å²) >= 11 is 12.2. The second-order valence-corrected chi connectivity index (χ2v) is 8.99. The third-order valence-corrected chi connectivity index (χ3v) is 8.24. The third-order valence-electron chi connectivity index (χ3n) is 5.37. The standard InChI is InChI=1S/C11H15Cl2NO4S/c1-10-4-3-6(11(10,2)9(12)13)7(8(10)15)19(16,17)14-5-18-14/h6-7,9H,3-5H2,1-2H3. The van der Waals surface area contributed by atoms with Crippen molar-refractivity contribution in [2.75, 3.05) is 6.73 Å². The predicted octanol–water partition coefficient (Wildman–Crippen LogP) is 1.70. The van der Waals surface area contributed by atoms with E-state index in [9.17, 15) is 13.2 Å². The lowest BCUT2D eigenvalue weighted by Crippen LogP contribution is -2.41. The highest BCUT2D eigenvalue weighted by Gasteiger charge is 2.74. The molecule has 0 amide bonds. The number of Topliss-reactive ketones (excluding diaryl/α,β-unsaturated/α-hetero) is 1. The van der Waals surface area contributed by atoms with E-state index < -0.39 is 30.9 Å². The minimum absolute atomic E-state index is 0.0252. The Morgan fingerprint density at radius 1 is 1.42 bits per heavy atom. The van der Waals surface area contributed by atoms with Crippen molar-refractivity contribution in [2.45, 2.75) is 36.8 Å². The van der Waals surface area contributed by atoms with Crippen molar-refractivity contribution in [2.24, 2.45) is 16.7 Å². The number of sulfonamides is 1. The number of carbonyl (C=O) groups is 1. The molecule has 3 rings (SSSR count). The number of hydroxylamine groups is 1. The SMILES string of the molecule is CC12CCC(C(S(=O)(=O)N3CO3)C1=O)C2(C)C(Cl)Cl. The van der Waals surface area contributed by atoms with Crippen LogP contribution in [0.15, 0.2) is 0 Å².